The van der Waals surface area contributed by atoms with Crippen molar-refractivity contribution in [2.45, 2.75) is 46.3 Å². The molecule has 2 heterocycles. The SMILES string of the molecule is CNC(c1ccn(Cc2ncnn2C(C)C)c1)C(C)C. The largest absolute Gasteiger partial charge is 0.346 e. The molecule has 1 N–H and O–H groups in total. The molecule has 0 radical (unpaired) electrons. The number of nitrogens with one attached hydrogen (secondary N) is 1. The van der Waals surface area contributed by atoms with Crippen molar-refractivity contribution in [3.05, 3.63) is 36.2 Å². The number of hydrogen-bond donors (Lipinski definition) is 1. The maximum atomic E-state index is 4.36. The predicted molar refractivity (Wildman–Crippen MR) is 80.6 cm³/mol. The average Bonchev–Trinajstić information content (AvgIpc) is 3.00. The molecule has 0 aliphatic carbocycles. The molecule has 0 aromatic carbocycles. The zero-order valence-electron chi connectivity index (χ0n) is 13.0. The van der Waals surface area contributed by atoms with Crippen molar-refractivity contribution in [3.63, 3.8) is 0 Å². The third-order valence-corrected chi connectivity index (χ3v) is 3.57. The molecule has 5 nitrogen and oxygen atoms in total. The van der Waals surface area contributed by atoms with E-state index < -0.39 is 0 Å². The van der Waals surface area contributed by atoms with Crippen molar-refractivity contribution >= 4 is 0 Å². The monoisotopic (exact) mass is 275 g/mol. The van der Waals surface area contributed by atoms with Gasteiger partial charge >= 0.3 is 0 Å². The summed E-state index contributed by atoms with van der Waals surface area (Å²) >= 11 is 0. The molecule has 20 heavy (non-hydrogen) atoms. The summed E-state index contributed by atoms with van der Waals surface area (Å²) in [7, 11) is 2.01. The van der Waals surface area contributed by atoms with Gasteiger partial charge < -0.3 is 9.88 Å². The van der Waals surface area contributed by atoms with E-state index in [9.17, 15) is 0 Å². The number of nitrogens with zero attached hydrogens (tertiary/aromatic N) is 4. The van der Waals surface area contributed by atoms with Crippen LogP contribution in [0.3, 0.4) is 0 Å². The first kappa shape index (κ1) is 14.8. The lowest BCUT2D eigenvalue weighted by Crippen LogP contribution is -2.21. The van der Waals surface area contributed by atoms with Gasteiger partial charge in [-0.2, -0.15) is 5.10 Å². The zero-order chi connectivity index (χ0) is 14.7. The molecule has 0 saturated carbocycles. The number of rotatable bonds is 6. The first-order valence-electron chi connectivity index (χ1n) is 7.24. The number of aromatic nitrogens is 4. The van der Waals surface area contributed by atoms with Gasteiger partial charge in [-0.3, -0.25) is 0 Å². The van der Waals surface area contributed by atoms with Crippen molar-refractivity contribution in [1.29, 1.82) is 0 Å². The van der Waals surface area contributed by atoms with E-state index in [0.717, 1.165) is 12.4 Å². The van der Waals surface area contributed by atoms with Crippen LogP contribution in [0.15, 0.2) is 24.8 Å². The van der Waals surface area contributed by atoms with Gasteiger partial charge in [-0.05, 0) is 38.4 Å². The Morgan fingerprint density at radius 3 is 2.60 bits per heavy atom. The smallest absolute Gasteiger partial charge is 0.147 e. The standard InChI is InChI=1S/C15H25N5/c1-11(2)15(16-5)13-6-7-19(8-13)9-14-17-10-18-20(14)12(3)4/h6-8,10-12,15-16H,9H2,1-5H3. The highest BCUT2D eigenvalue weighted by Crippen LogP contribution is 2.21. The molecular weight excluding hydrogens is 250 g/mol. The molecule has 0 bridgehead atoms. The van der Waals surface area contributed by atoms with E-state index in [2.05, 4.69) is 66.1 Å². The van der Waals surface area contributed by atoms with Crippen LogP contribution in [0.25, 0.3) is 0 Å². The maximum Gasteiger partial charge on any atom is 0.147 e. The Kier molecular flexibility index (Phi) is 4.60. The van der Waals surface area contributed by atoms with Gasteiger partial charge in [0.05, 0.1) is 6.54 Å². The van der Waals surface area contributed by atoms with Crippen LogP contribution in [0.5, 0.6) is 0 Å². The molecule has 0 amide bonds. The summed E-state index contributed by atoms with van der Waals surface area (Å²) in [4.78, 5) is 4.36. The molecule has 2 aromatic heterocycles. The van der Waals surface area contributed by atoms with E-state index in [1.54, 1.807) is 6.33 Å². The highest BCUT2D eigenvalue weighted by Gasteiger charge is 2.15. The van der Waals surface area contributed by atoms with Gasteiger partial charge in [0.25, 0.3) is 0 Å². The molecule has 0 aliphatic heterocycles. The van der Waals surface area contributed by atoms with Crippen molar-refractivity contribution in [1.82, 2.24) is 24.6 Å². The summed E-state index contributed by atoms with van der Waals surface area (Å²) in [5.41, 5.74) is 1.32. The summed E-state index contributed by atoms with van der Waals surface area (Å²) < 4.78 is 4.14. The van der Waals surface area contributed by atoms with Crippen LogP contribution in [0.4, 0.5) is 0 Å². The second kappa shape index (κ2) is 6.22. The lowest BCUT2D eigenvalue weighted by molar-refractivity contribution is 0.442. The fraction of sp³-hybridized carbons (Fsp3) is 0.600. The van der Waals surface area contributed by atoms with Crippen LogP contribution >= 0.6 is 0 Å². The normalized spacial score (nSPS) is 13.3. The van der Waals surface area contributed by atoms with Crippen molar-refractivity contribution in [3.8, 4) is 0 Å². The molecule has 2 rings (SSSR count). The van der Waals surface area contributed by atoms with Crippen LogP contribution in [-0.4, -0.2) is 26.4 Å². The highest BCUT2D eigenvalue weighted by atomic mass is 15.4. The summed E-state index contributed by atoms with van der Waals surface area (Å²) in [5.74, 6) is 1.56. The molecule has 0 saturated heterocycles. The van der Waals surface area contributed by atoms with Gasteiger partial charge in [0.1, 0.15) is 12.2 Å². The highest BCUT2D eigenvalue weighted by molar-refractivity contribution is 5.16. The van der Waals surface area contributed by atoms with Crippen molar-refractivity contribution < 1.29 is 0 Å². The summed E-state index contributed by atoms with van der Waals surface area (Å²) in [6.07, 6.45) is 5.94. The average molecular weight is 275 g/mol. The second-order valence-electron chi connectivity index (χ2n) is 5.84. The van der Waals surface area contributed by atoms with E-state index in [1.165, 1.54) is 5.56 Å². The van der Waals surface area contributed by atoms with Crippen LogP contribution < -0.4 is 5.32 Å². The maximum absolute atomic E-state index is 4.36. The molecule has 110 valence electrons. The molecule has 0 aliphatic rings. The van der Waals surface area contributed by atoms with Gasteiger partial charge in [0, 0.05) is 24.5 Å². The van der Waals surface area contributed by atoms with Crippen LogP contribution in [0, 0.1) is 5.92 Å². The molecule has 0 spiro atoms. The van der Waals surface area contributed by atoms with Gasteiger partial charge in [-0.15, -0.1) is 0 Å². The summed E-state index contributed by atoms with van der Waals surface area (Å²) in [6, 6.07) is 2.90. The van der Waals surface area contributed by atoms with Crippen LogP contribution in [0.1, 0.15) is 51.2 Å². The van der Waals surface area contributed by atoms with Gasteiger partial charge in [-0.25, -0.2) is 9.67 Å². The van der Waals surface area contributed by atoms with E-state index in [1.807, 2.05) is 11.7 Å². The topological polar surface area (TPSA) is 47.7 Å². The quantitative estimate of drug-likeness (QED) is 0.881. The summed E-state index contributed by atoms with van der Waals surface area (Å²) in [5, 5.41) is 7.65. The Hall–Kier alpha value is -1.62. The minimum Gasteiger partial charge on any atom is -0.346 e. The van der Waals surface area contributed by atoms with Crippen molar-refractivity contribution in [2.24, 2.45) is 5.92 Å². The first-order valence-corrected chi connectivity index (χ1v) is 7.24. The Morgan fingerprint density at radius 2 is 2.00 bits per heavy atom. The Labute approximate surface area is 121 Å². The van der Waals surface area contributed by atoms with E-state index >= 15 is 0 Å². The Balaban J connectivity index is 2.15. The molecule has 0 fully saturated rings. The Bertz CT molecular complexity index is 538. The van der Waals surface area contributed by atoms with Crippen molar-refractivity contribution in [2.75, 3.05) is 7.05 Å². The minimum atomic E-state index is 0.336. The van der Waals surface area contributed by atoms with Crippen LogP contribution in [-0.2, 0) is 6.54 Å². The third-order valence-electron chi connectivity index (χ3n) is 3.57. The van der Waals surface area contributed by atoms with Gasteiger partial charge in [-0.1, -0.05) is 13.8 Å². The predicted octanol–water partition coefficient (Wildman–Crippen LogP) is 2.63. The van der Waals surface area contributed by atoms with Gasteiger partial charge in [0.2, 0.25) is 0 Å². The summed E-state index contributed by atoms with van der Waals surface area (Å²) in [6.45, 7) is 9.46. The van der Waals surface area contributed by atoms with Gasteiger partial charge in [0.15, 0.2) is 0 Å². The lowest BCUT2D eigenvalue weighted by atomic mass is 9.99. The molecule has 5 heteroatoms. The zero-order valence-corrected chi connectivity index (χ0v) is 13.0. The van der Waals surface area contributed by atoms with E-state index in [4.69, 9.17) is 0 Å². The third kappa shape index (κ3) is 3.10. The lowest BCUT2D eigenvalue weighted by Gasteiger charge is -2.18. The molecule has 2 aromatic rings. The molecule has 1 atom stereocenters. The molecule has 1 unspecified atom stereocenters. The fourth-order valence-electron chi connectivity index (χ4n) is 2.61. The van der Waals surface area contributed by atoms with E-state index in [0.29, 0.717) is 18.0 Å². The Morgan fingerprint density at radius 1 is 1.25 bits per heavy atom. The molecular formula is C15H25N5. The number of hydrogen-bond acceptors (Lipinski definition) is 3. The van der Waals surface area contributed by atoms with Crippen LogP contribution in [0.2, 0.25) is 0 Å². The van der Waals surface area contributed by atoms with E-state index in [-0.39, 0.29) is 0 Å². The fourth-order valence-corrected chi connectivity index (χ4v) is 2.61. The second-order valence-corrected chi connectivity index (χ2v) is 5.84. The first-order chi connectivity index (χ1) is 9.52. The minimum absolute atomic E-state index is 0.336.